The van der Waals surface area contributed by atoms with E-state index in [2.05, 4.69) is 35.0 Å². The summed E-state index contributed by atoms with van der Waals surface area (Å²) in [6, 6.07) is 6.24. The summed E-state index contributed by atoms with van der Waals surface area (Å²) in [5.74, 6) is 0. The van der Waals surface area contributed by atoms with Gasteiger partial charge in [-0.3, -0.25) is 4.68 Å². The van der Waals surface area contributed by atoms with Crippen molar-refractivity contribution in [2.24, 2.45) is 7.05 Å². The molecule has 0 unspecified atom stereocenters. The van der Waals surface area contributed by atoms with E-state index in [4.69, 9.17) is 0 Å². The molecule has 74 valence electrons. The number of hydrogen-bond acceptors (Lipinski definition) is 1. The highest BCUT2D eigenvalue weighted by atomic mass is 15.3. The third-order valence-electron chi connectivity index (χ3n) is 2.40. The second kappa shape index (κ2) is 3.70. The van der Waals surface area contributed by atoms with Crippen LogP contribution in [0.1, 0.15) is 18.3 Å². The molecule has 0 aliphatic heterocycles. The lowest BCUT2D eigenvalue weighted by Gasteiger charge is -2.02. The van der Waals surface area contributed by atoms with Gasteiger partial charge in [-0.05, 0) is 24.6 Å². The van der Waals surface area contributed by atoms with Crippen LogP contribution in [0.25, 0.3) is 0 Å². The minimum absolute atomic E-state index is 0.899. The number of rotatable bonds is 3. The molecule has 0 atom stereocenters. The highest BCUT2D eigenvalue weighted by Gasteiger charge is 2.03. The van der Waals surface area contributed by atoms with Crippen molar-refractivity contribution in [3.05, 3.63) is 42.0 Å². The first-order valence-corrected chi connectivity index (χ1v) is 4.92. The van der Waals surface area contributed by atoms with E-state index in [-0.39, 0.29) is 0 Å². The van der Waals surface area contributed by atoms with Gasteiger partial charge in [0, 0.05) is 19.4 Å². The zero-order chi connectivity index (χ0) is 9.97. The Morgan fingerprint density at radius 3 is 2.57 bits per heavy atom. The van der Waals surface area contributed by atoms with Crippen molar-refractivity contribution in [3.63, 3.8) is 0 Å². The molecule has 0 radical (unpaired) electrons. The van der Waals surface area contributed by atoms with E-state index >= 15 is 0 Å². The van der Waals surface area contributed by atoms with Crippen LogP contribution in [0.15, 0.2) is 30.6 Å². The van der Waals surface area contributed by atoms with Gasteiger partial charge in [0.25, 0.3) is 0 Å². The van der Waals surface area contributed by atoms with Gasteiger partial charge in [-0.2, -0.15) is 5.10 Å². The maximum Gasteiger partial charge on any atom is 0.0639 e. The fourth-order valence-electron chi connectivity index (χ4n) is 1.55. The van der Waals surface area contributed by atoms with Crippen molar-refractivity contribution in [3.8, 4) is 0 Å². The Balaban J connectivity index is 2.20. The van der Waals surface area contributed by atoms with Gasteiger partial charge in [-0.25, -0.2) is 0 Å². The van der Waals surface area contributed by atoms with Gasteiger partial charge in [0.05, 0.1) is 17.9 Å². The largest absolute Gasteiger partial charge is 0.348 e. The van der Waals surface area contributed by atoms with Crippen LogP contribution < -0.4 is 0 Å². The second-order valence-corrected chi connectivity index (χ2v) is 3.46. The zero-order valence-electron chi connectivity index (χ0n) is 8.64. The number of hydrogen-bond donors (Lipinski definition) is 0. The molecule has 0 N–H and O–H groups in total. The summed E-state index contributed by atoms with van der Waals surface area (Å²) in [5, 5.41) is 4.41. The lowest BCUT2D eigenvalue weighted by Crippen LogP contribution is -2.03. The highest BCUT2D eigenvalue weighted by Crippen LogP contribution is 2.06. The van der Waals surface area contributed by atoms with Crippen LogP contribution in [0, 0.1) is 0 Å². The van der Waals surface area contributed by atoms with Crippen molar-refractivity contribution in [1.29, 1.82) is 0 Å². The molecule has 0 aliphatic carbocycles. The Morgan fingerprint density at radius 2 is 2.00 bits per heavy atom. The molecule has 2 rings (SSSR count). The Kier molecular flexibility index (Phi) is 2.39. The Bertz CT molecular complexity index is 398. The summed E-state index contributed by atoms with van der Waals surface area (Å²) in [7, 11) is 2.00. The number of aromatic nitrogens is 3. The average Bonchev–Trinajstić information content (AvgIpc) is 2.78. The van der Waals surface area contributed by atoms with Crippen molar-refractivity contribution >= 4 is 0 Å². The predicted octanol–water partition coefficient (Wildman–Crippen LogP) is 1.83. The summed E-state index contributed by atoms with van der Waals surface area (Å²) in [5.41, 5.74) is 2.41. The van der Waals surface area contributed by atoms with Gasteiger partial charge in [-0.1, -0.05) is 6.92 Å². The predicted molar refractivity (Wildman–Crippen MR) is 56.1 cm³/mol. The normalized spacial score (nSPS) is 10.7. The molecule has 0 saturated carbocycles. The van der Waals surface area contributed by atoms with Crippen molar-refractivity contribution in [1.82, 2.24) is 14.3 Å². The van der Waals surface area contributed by atoms with Crippen LogP contribution in [0.2, 0.25) is 0 Å². The molecular weight excluding hydrogens is 174 g/mol. The van der Waals surface area contributed by atoms with Gasteiger partial charge in [0.1, 0.15) is 0 Å². The molecule has 0 spiro atoms. The first kappa shape index (κ1) is 9.06. The van der Waals surface area contributed by atoms with Crippen molar-refractivity contribution in [2.75, 3.05) is 0 Å². The monoisotopic (exact) mass is 189 g/mol. The summed E-state index contributed by atoms with van der Waals surface area (Å²) in [6.45, 7) is 3.03. The van der Waals surface area contributed by atoms with Crippen LogP contribution >= 0.6 is 0 Å². The fourth-order valence-corrected chi connectivity index (χ4v) is 1.55. The molecular formula is C11H15N3. The topological polar surface area (TPSA) is 22.8 Å². The number of aryl methyl sites for hydroxylation is 2. The maximum atomic E-state index is 4.41. The SMILES string of the molecule is CCc1cc(Cn2cccc2)n(C)n1. The minimum atomic E-state index is 0.899. The summed E-state index contributed by atoms with van der Waals surface area (Å²) >= 11 is 0. The molecule has 0 aliphatic rings. The van der Waals surface area contributed by atoms with Gasteiger partial charge >= 0.3 is 0 Å². The van der Waals surface area contributed by atoms with E-state index in [1.54, 1.807) is 0 Å². The average molecular weight is 189 g/mol. The lowest BCUT2D eigenvalue weighted by molar-refractivity contribution is 0.662. The highest BCUT2D eigenvalue weighted by molar-refractivity contribution is 5.11. The van der Waals surface area contributed by atoms with Gasteiger partial charge in [0.2, 0.25) is 0 Å². The van der Waals surface area contributed by atoms with E-state index in [9.17, 15) is 0 Å². The fraction of sp³-hybridized carbons (Fsp3) is 0.364. The Labute approximate surface area is 84.0 Å². The lowest BCUT2D eigenvalue weighted by atomic mass is 10.3. The first-order chi connectivity index (χ1) is 6.79. The van der Waals surface area contributed by atoms with Gasteiger partial charge in [-0.15, -0.1) is 0 Å². The standard InChI is InChI=1S/C11H15N3/c1-3-10-8-11(13(2)12-10)9-14-6-4-5-7-14/h4-8H,3,9H2,1-2H3. The van der Waals surface area contributed by atoms with E-state index in [0.29, 0.717) is 0 Å². The third kappa shape index (κ3) is 1.71. The molecule has 14 heavy (non-hydrogen) atoms. The number of nitrogens with zero attached hydrogens (tertiary/aromatic N) is 3. The maximum absolute atomic E-state index is 4.41. The Hall–Kier alpha value is -1.51. The third-order valence-corrected chi connectivity index (χ3v) is 2.40. The first-order valence-electron chi connectivity index (χ1n) is 4.92. The molecule has 3 nitrogen and oxygen atoms in total. The van der Waals surface area contributed by atoms with Crippen LogP contribution in [0.3, 0.4) is 0 Å². The summed E-state index contributed by atoms with van der Waals surface area (Å²) in [6.07, 6.45) is 5.14. The quantitative estimate of drug-likeness (QED) is 0.722. The van der Waals surface area contributed by atoms with E-state index in [0.717, 1.165) is 18.7 Å². The summed E-state index contributed by atoms with van der Waals surface area (Å²) in [4.78, 5) is 0. The minimum Gasteiger partial charge on any atom is -0.348 e. The second-order valence-electron chi connectivity index (χ2n) is 3.46. The molecule has 0 aromatic carbocycles. The molecule has 2 aromatic rings. The van der Waals surface area contributed by atoms with E-state index < -0.39 is 0 Å². The van der Waals surface area contributed by atoms with Crippen molar-refractivity contribution in [2.45, 2.75) is 19.9 Å². The smallest absolute Gasteiger partial charge is 0.0639 e. The molecule has 0 fully saturated rings. The molecule has 0 saturated heterocycles. The van der Waals surface area contributed by atoms with Crippen LogP contribution in [-0.4, -0.2) is 14.3 Å². The molecule has 0 bridgehead atoms. The summed E-state index contributed by atoms with van der Waals surface area (Å²) < 4.78 is 4.11. The molecule has 3 heteroatoms. The van der Waals surface area contributed by atoms with Gasteiger partial charge in [0.15, 0.2) is 0 Å². The van der Waals surface area contributed by atoms with Crippen LogP contribution in [-0.2, 0) is 20.0 Å². The molecule has 0 amide bonds. The van der Waals surface area contributed by atoms with Crippen LogP contribution in [0.4, 0.5) is 0 Å². The molecule has 2 aromatic heterocycles. The Morgan fingerprint density at radius 1 is 1.29 bits per heavy atom. The van der Waals surface area contributed by atoms with Crippen molar-refractivity contribution < 1.29 is 0 Å². The van der Waals surface area contributed by atoms with E-state index in [1.807, 2.05) is 23.9 Å². The molecule has 2 heterocycles. The van der Waals surface area contributed by atoms with Gasteiger partial charge < -0.3 is 4.57 Å². The zero-order valence-corrected chi connectivity index (χ0v) is 8.64. The van der Waals surface area contributed by atoms with E-state index in [1.165, 1.54) is 5.69 Å². The van der Waals surface area contributed by atoms with Crippen LogP contribution in [0.5, 0.6) is 0 Å².